The van der Waals surface area contributed by atoms with E-state index in [1.807, 2.05) is 24.3 Å². The molecule has 4 aromatic rings. The van der Waals surface area contributed by atoms with E-state index in [0.717, 1.165) is 30.5 Å². The van der Waals surface area contributed by atoms with Gasteiger partial charge in [-0.15, -0.1) is 0 Å². The van der Waals surface area contributed by atoms with Crippen LogP contribution in [0.2, 0.25) is 0 Å². The van der Waals surface area contributed by atoms with Gasteiger partial charge in [-0.25, -0.2) is 14.4 Å². The van der Waals surface area contributed by atoms with Crippen LogP contribution >= 0.6 is 0 Å². The van der Waals surface area contributed by atoms with Gasteiger partial charge in [-0.3, -0.25) is 0 Å². The Morgan fingerprint density at radius 3 is 2.50 bits per heavy atom. The quantitative estimate of drug-likeness (QED) is 0.457. The average Bonchev–Trinajstić information content (AvgIpc) is 3.17. The first-order valence-electron chi connectivity index (χ1n) is 9.50. The standard InChI is InChI=1S/C22H22FN3O2/c1-3-26(4-2)13-14-27-22-19-20(17-7-5-6-8-18(17)24-22)28-21(25-19)15-9-11-16(23)12-10-15/h5-12H,3-4,13-14H2,1-2H3. The highest BCUT2D eigenvalue weighted by atomic mass is 19.1. The van der Waals surface area contributed by atoms with Crippen molar-refractivity contribution in [2.45, 2.75) is 13.8 Å². The number of likely N-dealkylation sites (N-methyl/N-ethyl adjacent to an activating group) is 1. The number of fused-ring (bicyclic) bond motifs is 3. The molecule has 0 radical (unpaired) electrons. The summed E-state index contributed by atoms with van der Waals surface area (Å²) in [6.07, 6.45) is 0. The number of aromatic nitrogens is 2. The van der Waals surface area contributed by atoms with Crippen LogP contribution in [0.25, 0.3) is 33.5 Å². The van der Waals surface area contributed by atoms with Gasteiger partial charge in [-0.05, 0) is 49.5 Å². The van der Waals surface area contributed by atoms with Crippen molar-refractivity contribution in [2.75, 3.05) is 26.2 Å². The molecule has 0 saturated heterocycles. The second-order valence-electron chi connectivity index (χ2n) is 6.51. The molecule has 0 bridgehead atoms. The normalized spacial score (nSPS) is 11.6. The van der Waals surface area contributed by atoms with Gasteiger partial charge in [0, 0.05) is 17.5 Å². The van der Waals surface area contributed by atoms with Crippen LogP contribution in [0.4, 0.5) is 4.39 Å². The van der Waals surface area contributed by atoms with E-state index in [1.165, 1.54) is 12.1 Å². The molecule has 2 aromatic heterocycles. The molecule has 0 aliphatic carbocycles. The molecule has 0 spiro atoms. The van der Waals surface area contributed by atoms with Crippen molar-refractivity contribution >= 4 is 22.0 Å². The first kappa shape index (κ1) is 18.4. The minimum Gasteiger partial charge on any atom is -0.475 e. The average molecular weight is 379 g/mol. The molecule has 0 amide bonds. The summed E-state index contributed by atoms with van der Waals surface area (Å²) in [4.78, 5) is 11.5. The van der Waals surface area contributed by atoms with Gasteiger partial charge in [0.25, 0.3) is 0 Å². The summed E-state index contributed by atoms with van der Waals surface area (Å²) in [5.74, 6) is 0.576. The fraction of sp³-hybridized carbons (Fsp3) is 0.273. The molecule has 0 atom stereocenters. The Kier molecular flexibility index (Phi) is 5.21. The number of rotatable bonds is 7. The van der Waals surface area contributed by atoms with E-state index in [2.05, 4.69) is 28.7 Å². The highest BCUT2D eigenvalue weighted by Crippen LogP contribution is 2.34. The molecule has 28 heavy (non-hydrogen) atoms. The number of halogens is 1. The lowest BCUT2D eigenvalue weighted by Crippen LogP contribution is -2.28. The van der Waals surface area contributed by atoms with E-state index in [0.29, 0.717) is 35.0 Å². The SMILES string of the molecule is CCN(CC)CCOc1nc2ccccc2c2oc(-c3ccc(F)cc3)nc12. The lowest BCUT2D eigenvalue weighted by Gasteiger charge is -2.17. The Morgan fingerprint density at radius 2 is 1.75 bits per heavy atom. The number of hydrogen-bond donors (Lipinski definition) is 0. The van der Waals surface area contributed by atoms with Crippen LogP contribution in [-0.2, 0) is 0 Å². The van der Waals surface area contributed by atoms with E-state index in [1.54, 1.807) is 12.1 Å². The number of hydrogen-bond acceptors (Lipinski definition) is 5. The lowest BCUT2D eigenvalue weighted by atomic mass is 10.2. The Balaban J connectivity index is 1.76. The summed E-state index contributed by atoms with van der Waals surface area (Å²) in [5.41, 5.74) is 2.70. The molecule has 144 valence electrons. The number of oxazole rings is 1. The third-order valence-electron chi connectivity index (χ3n) is 4.83. The third-order valence-corrected chi connectivity index (χ3v) is 4.83. The van der Waals surface area contributed by atoms with Crippen molar-refractivity contribution < 1.29 is 13.5 Å². The minimum atomic E-state index is -0.299. The predicted octanol–water partition coefficient (Wildman–Crippen LogP) is 4.90. The Labute approximate surface area is 162 Å². The van der Waals surface area contributed by atoms with Crippen molar-refractivity contribution in [1.29, 1.82) is 0 Å². The molecule has 0 N–H and O–H groups in total. The molecular formula is C22H22FN3O2. The molecule has 2 aromatic carbocycles. The van der Waals surface area contributed by atoms with Gasteiger partial charge in [0.1, 0.15) is 12.4 Å². The zero-order valence-electron chi connectivity index (χ0n) is 16.0. The maximum absolute atomic E-state index is 13.3. The maximum Gasteiger partial charge on any atom is 0.244 e. The summed E-state index contributed by atoms with van der Waals surface area (Å²) < 4.78 is 25.3. The molecule has 5 nitrogen and oxygen atoms in total. The van der Waals surface area contributed by atoms with Crippen molar-refractivity contribution in [2.24, 2.45) is 0 Å². The largest absolute Gasteiger partial charge is 0.475 e. The maximum atomic E-state index is 13.3. The Morgan fingerprint density at radius 1 is 1.00 bits per heavy atom. The summed E-state index contributed by atoms with van der Waals surface area (Å²) >= 11 is 0. The Hall–Kier alpha value is -2.99. The second-order valence-corrected chi connectivity index (χ2v) is 6.51. The van der Waals surface area contributed by atoms with Gasteiger partial charge in [0.05, 0.1) is 5.52 Å². The minimum absolute atomic E-state index is 0.299. The van der Waals surface area contributed by atoms with Crippen molar-refractivity contribution in [3.8, 4) is 17.3 Å². The fourth-order valence-electron chi connectivity index (χ4n) is 3.20. The number of ether oxygens (including phenoxy) is 1. The molecule has 4 rings (SSSR count). The smallest absolute Gasteiger partial charge is 0.244 e. The molecule has 0 aliphatic rings. The van der Waals surface area contributed by atoms with E-state index in [9.17, 15) is 4.39 Å². The van der Waals surface area contributed by atoms with Gasteiger partial charge in [-0.1, -0.05) is 26.0 Å². The summed E-state index contributed by atoms with van der Waals surface area (Å²) in [6, 6.07) is 13.8. The van der Waals surface area contributed by atoms with Crippen LogP contribution in [0, 0.1) is 5.82 Å². The predicted molar refractivity (Wildman–Crippen MR) is 108 cm³/mol. The molecule has 0 unspecified atom stereocenters. The zero-order chi connectivity index (χ0) is 19.5. The Bertz CT molecular complexity index is 1090. The highest BCUT2D eigenvalue weighted by Gasteiger charge is 2.18. The lowest BCUT2D eigenvalue weighted by molar-refractivity contribution is 0.220. The molecule has 0 saturated carbocycles. The highest BCUT2D eigenvalue weighted by molar-refractivity contribution is 6.03. The number of benzene rings is 2. The first-order valence-corrected chi connectivity index (χ1v) is 9.50. The van der Waals surface area contributed by atoms with E-state index in [-0.39, 0.29) is 5.82 Å². The van der Waals surface area contributed by atoms with Crippen LogP contribution < -0.4 is 4.74 Å². The van der Waals surface area contributed by atoms with Gasteiger partial charge in [0.15, 0.2) is 11.1 Å². The third kappa shape index (κ3) is 3.55. The topological polar surface area (TPSA) is 51.4 Å². The van der Waals surface area contributed by atoms with Crippen LogP contribution in [-0.4, -0.2) is 41.1 Å². The van der Waals surface area contributed by atoms with Crippen LogP contribution in [0.5, 0.6) is 5.88 Å². The van der Waals surface area contributed by atoms with Gasteiger partial charge in [-0.2, -0.15) is 0 Å². The number of nitrogens with zero attached hydrogens (tertiary/aromatic N) is 3. The van der Waals surface area contributed by atoms with E-state index < -0.39 is 0 Å². The summed E-state index contributed by atoms with van der Waals surface area (Å²) in [7, 11) is 0. The van der Waals surface area contributed by atoms with Crippen LogP contribution in [0.3, 0.4) is 0 Å². The van der Waals surface area contributed by atoms with Crippen LogP contribution in [0.15, 0.2) is 52.9 Å². The van der Waals surface area contributed by atoms with Crippen molar-refractivity contribution in [1.82, 2.24) is 14.9 Å². The zero-order valence-corrected chi connectivity index (χ0v) is 16.0. The molecular weight excluding hydrogens is 357 g/mol. The molecule has 0 aliphatic heterocycles. The number of pyridine rings is 1. The van der Waals surface area contributed by atoms with Crippen molar-refractivity contribution in [3.63, 3.8) is 0 Å². The van der Waals surface area contributed by atoms with Crippen LogP contribution in [0.1, 0.15) is 13.8 Å². The van der Waals surface area contributed by atoms with Gasteiger partial charge in [0.2, 0.25) is 11.8 Å². The van der Waals surface area contributed by atoms with Gasteiger partial charge >= 0.3 is 0 Å². The molecule has 2 heterocycles. The fourth-order valence-corrected chi connectivity index (χ4v) is 3.20. The monoisotopic (exact) mass is 379 g/mol. The second kappa shape index (κ2) is 7.94. The molecule has 0 fully saturated rings. The van der Waals surface area contributed by atoms with Gasteiger partial charge < -0.3 is 14.1 Å². The van der Waals surface area contributed by atoms with E-state index >= 15 is 0 Å². The first-order chi connectivity index (χ1) is 13.7. The summed E-state index contributed by atoms with van der Waals surface area (Å²) in [6.45, 7) is 7.52. The van der Waals surface area contributed by atoms with E-state index in [4.69, 9.17) is 9.15 Å². The molecule has 6 heteroatoms. The van der Waals surface area contributed by atoms with Crippen molar-refractivity contribution in [3.05, 3.63) is 54.3 Å². The summed E-state index contributed by atoms with van der Waals surface area (Å²) in [5, 5.41) is 0.870. The number of para-hydroxylation sites is 1.